The van der Waals surface area contributed by atoms with Crippen LogP contribution >= 0.6 is 11.6 Å². The molecule has 0 bridgehead atoms. The Hall–Kier alpha value is -1.58. The van der Waals surface area contributed by atoms with E-state index in [0.29, 0.717) is 10.8 Å². The molecule has 3 nitrogen and oxygen atoms in total. The SMILES string of the molecule is Nc1ccc(Cl)c(CN2CCc3ccccc3CC2)n1. The monoisotopic (exact) mass is 287 g/mol. The summed E-state index contributed by atoms with van der Waals surface area (Å²) >= 11 is 6.20. The molecule has 2 aromatic rings. The highest BCUT2D eigenvalue weighted by Gasteiger charge is 2.15. The molecule has 4 heteroatoms. The van der Waals surface area contributed by atoms with Crippen LogP contribution in [0.2, 0.25) is 5.02 Å². The molecular formula is C16H18ClN3. The Kier molecular flexibility index (Phi) is 3.90. The first-order chi connectivity index (χ1) is 9.72. The standard InChI is InChI=1S/C16H18ClN3/c17-14-5-6-16(18)19-15(14)11-20-9-7-12-3-1-2-4-13(12)8-10-20/h1-6H,7-11H2,(H2,18,19). The summed E-state index contributed by atoms with van der Waals surface area (Å²) < 4.78 is 0. The molecule has 20 heavy (non-hydrogen) atoms. The van der Waals surface area contributed by atoms with E-state index in [1.807, 2.05) is 6.07 Å². The Morgan fingerprint density at radius 2 is 1.70 bits per heavy atom. The number of fused-ring (bicyclic) bond motifs is 1. The van der Waals surface area contributed by atoms with Gasteiger partial charge in [-0.3, -0.25) is 4.90 Å². The molecule has 104 valence electrons. The molecular weight excluding hydrogens is 270 g/mol. The van der Waals surface area contributed by atoms with Crippen LogP contribution in [-0.2, 0) is 19.4 Å². The third kappa shape index (κ3) is 2.94. The number of benzene rings is 1. The number of nitrogens with zero attached hydrogens (tertiary/aromatic N) is 2. The Morgan fingerprint density at radius 3 is 2.35 bits per heavy atom. The first kappa shape index (κ1) is 13.4. The molecule has 0 saturated heterocycles. The summed E-state index contributed by atoms with van der Waals surface area (Å²) in [6.07, 6.45) is 2.16. The van der Waals surface area contributed by atoms with E-state index in [4.69, 9.17) is 17.3 Å². The van der Waals surface area contributed by atoms with E-state index in [-0.39, 0.29) is 0 Å². The van der Waals surface area contributed by atoms with Crippen molar-refractivity contribution in [3.63, 3.8) is 0 Å². The number of halogens is 1. The summed E-state index contributed by atoms with van der Waals surface area (Å²) in [7, 11) is 0. The Balaban J connectivity index is 1.73. The minimum absolute atomic E-state index is 0.530. The summed E-state index contributed by atoms with van der Waals surface area (Å²) in [5.41, 5.74) is 9.54. The van der Waals surface area contributed by atoms with Gasteiger partial charge in [0.15, 0.2) is 0 Å². The molecule has 0 fully saturated rings. The Bertz CT molecular complexity index is 585. The normalized spacial score (nSPS) is 15.7. The van der Waals surface area contributed by atoms with E-state index in [2.05, 4.69) is 34.1 Å². The average molecular weight is 288 g/mol. The van der Waals surface area contributed by atoms with Gasteiger partial charge in [0.2, 0.25) is 0 Å². The van der Waals surface area contributed by atoms with Gasteiger partial charge in [0.1, 0.15) is 5.82 Å². The fourth-order valence-electron chi connectivity index (χ4n) is 2.70. The maximum absolute atomic E-state index is 6.20. The van der Waals surface area contributed by atoms with Crippen molar-refractivity contribution >= 4 is 17.4 Å². The quantitative estimate of drug-likeness (QED) is 0.923. The maximum Gasteiger partial charge on any atom is 0.123 e. The van der Waals surface area contributed by atoms with Gasteiger partial charge >= 0.3 is 0 Å². The molecule has 1 aliphatic heterocycles. The highest BCUT2D eigenvalue weighted by atomic mass is 35.5. The first-order valence-electron chi connectivity index (χ1n) is 6.92. The lowest BCUT2D eigenvalue weighted by atomic mass is 10.0. The van der Waals surface area contributed by atoms with Crippen LogP contribution < -0.4 is 5.73 Å². The Labute approximate surface area is 124 Å². The number of anilines is 1. The molecule has 0 saturated carbocycles. The predicted molar refractivity (Wildman–Crippen MR) is 82.8 cm³/mol. The predicted octanol–water partition coefficient (Wildman–Crippen LogP) is 2.92. The molecule has 0 radical (unpaired) electrons. The van der Waals surface area contributed by atoms with E-state index >= 15 is 0 Å². The number of aromatic nitrogens is 1. The van der Waals surface area contributed by atoms with Crippen LogP contribution in [0.1, 0.15) is 16.8 Å². The highest BCUT2D eigenvalue weighted by molar-refractivity contribution is 6.31. The zero-order valence-corrected chi connectivity index (χ0v) is 12.1. The van der Waals surface area contributed by atoms with Crippen molar-refractivity contribution in [2.45, 2.75) is 19.4 Å². The molecule has 3 rings (SSSR count). The highest BCUT2D eigenvalue weighted by Crippen LogP contribution is 2.20. The first-order valence-corrected chi connectivity index (χ1v) is 7.30. The molecule has 0 aliphatic carbocycles. The summed E-state index contributed by atoms with van der Waals surface area (Å²) in [6, 6.07) is 12.3. The van der Waals surface area contributed by atoms with E-state index in [9.17, 15) is 0 Å². The van der Waals surface area contributed by atoms with Crippen LogP contribution in [-0.4, -0.2) is 23.0 Å². The second-order valence-electron chi connectivity index (χ2n) is 5.21. The number of hydrogen-bond acceptors (Lipinski definition) is 3. The van der Waals surface area contributed by atoms with Crippen molar-refractivity contribution in [3.05, 3.63) is 58.2 Å². The molecule has 1 aliphatic rings. The lowest BCUT2D eigenvalue weighted by Crippen LogP contribution is -2.26. The van der Waals surface area contributed by atoms with Gasteiger partial charge in [-0.05, 0) is 36.1 Å². The lowest BCUT2D eigenvalue weighted by molar-refractivity contribution is 0.276. The van der Waals surface area contributed by atoms with Crippen molar-refractivity contribution < 1.29 is 0 Å². The minimum atomic E-state index is 0.530. The molecule has 2 heterocycles. The second kappa shape index (κ2) is 5.81. The molecule has 0 atom stereocenters. The van der Waals surface area contributed by atoms with Gasteiger partial charge < -0.3 is 5.73 Å². The number of nitrogen functional groups attached to an aromatic ring is 1. The largest absolute Gasteiger partial charge is 0.384 e. The third-order valence-corrected chi connectivity index (χ3v) is 4.17. The van der Waals surface area contributed by atoms with Crippen LogP contribution in [0.15, 0.2) is 36.4 Å². The maximum atomic E-state index is 6.20. The van der Waals surface area contributed by atoms with Gasteiger partial charge in [0, 0.05) is 19.6 Å². The fourth-order valence-corrected chi connectivity index (χ4v) is 2.86. The van der Waals surface area contributed by atoms with Crippen LogP contribution in [0, 0.1) is 0 Å². The Morgan fingerprint density at radius 1 is 1.05 bits per heavy atom. The van der Waals surface area contributed by atoms with E-state index < -0.39 is 0 Å². The van der Waals surface area contributed by atoms with Crippen molar-refractivity contribution in [1.82, 2.24) is 9.88 Å². The topological polar surface area (TPSA) is 42.1 Å². The smallest absolute Gasteiger partial charge is 0.123 e. The third-order valence-electron chi connectivity index (χ3n) is 3.83. The average Bonchev–Trinajstić information content (AvgIpc) is 2.66. The van der Waals surface area contributed by atoms with Crippen molar-refractivity contribution in [3.8, 4) is 0 Å². The molecule has 2 N–H and O–H groups in total. The molecule has 0 amide bonds. The molecule has 1 aromatic heterocycles. The van der Waals surface area contributed by atoms with Crippen LogP contribution in [0.5, 0.6) is 0 Å². The summed E-state index contributed by atoms with van der Waals surface area (Å²) in [6.45, 7) is 2.82. The van der Waals surface area contributed by atoms with Crippen LogP contribution in [0.4, 0.5) is 5.82 Å². The van der Waals surface area contributed by atoms with Gasteiger partial charge in [0.05, 0.1) is 10.7 Å². The van der Waals surface area contributed by atoms with Gasteiger partial charge in [0.25, 0.3) is 0 Å². The number of hydrogen-bond donors (Lipinski definition) is 1. The van der Waals surface area contributed by atoms with Gasteiger partial charge in [-0.25, -0.2) is 4.98 Å². The lowest BCUT2D eigenvalue weighted by Gasteiger charge is -2.19. The van der Waals surface area contributed by atoms with Crippen molar-refractivity contribution in [1.29, 1.82) is 0 Å². The molecule has 0 spiro atoms. The van der Waals surface area contributed by atoms with Crippen LogP contribution in [0.25, 0.3) is 0 Å². The number of nitrogens with two attached hydrogens (primary N) is 1. The van der Waals surface area contributed by atoms with Gasteiger partial charge in [-0.2, -0.15) is 0 Å². The second-order valence-corrected chi connectivity index (χ2v) is 5.62. The number of pyridine rings is 1. The molecule has 1 aromatic carbocycles. The van der Waals surface area contributed by atoms with E-state index in [1.54, 1.807) is 6.07 Å². The van der Waals surface area contributed by atoms with Gasteiger partial charge in [-0.15, -0.1) is 0 Å². The van der Waals surface area contributed by atoms with E-state index in [0.717, 1.165) is 38.2 Å². The summed E-state index contributed by atoms with van der Waals surface area (Å²) in [5.74, 6) is 0.530. The number of rotatable bonds is 2. The molecule has 0 unspecified atom stereocenters. The summed E-state index contributed by atoms with van der Waals surface area (Å²) in [5, 5.41) is 0.695. The van der Waals surface area contributed by atoms with Crippen LogP contribution in [0.3, 0.4) is 0 Å². The summed E-state index contributed by atoms with van der Waals surface area (Å²) in [4.78, 5) is 6.75. The van der Waals surface area contributed by atoms with Crippen molar-refractivity contribution in [2.24, 2.45) is 0 Å². The van der Waals surface area contributed by atoms with Crippen molar-refractivity contribution in [2.75, 3.05) is 18.8 Å². The minimum Gasteiger partial charge on any atom is -0.384 e. The zero-order valence-electron chi connectivity index (χ0n) is 11.3. The fraction of sp³-hybridized carbons (Fsp3) is 0.312. The van der Waals surface area contributed by atoms with Gasteiger partial charge in [-0.1, -0.05) is 35.9 Å². The van der Waals surface area contributed by atoms with E-state index in [1.165, 1.54) is 11.1 Å². The zero-order chi connectivity index (χ0) is 13.9.